The van der Waals surface area contributed by atoms with Crippen LogP contribution in [0.1, 0.15) is 135 Å². The van der Waals surface area contributed by atoms with Crippen molar-refractivity contribution in [2.75, 3.05) is 28.2 Å². The van der Waals surface area contributed by atoms with Crippen molar-refractivity contribution in [2.24, 2.45) is 5.92 Å². The molecule has 0 radical (unpaired) electrons. The van der Waals surface area contributed by atoms with Gasteiger partial charge in [-0.3, -0.25) is 9.59 Å². The van der Waals surface area contributed by atoms with Crippen molar-refractivity contribution in [3.63, 3.8) is 0 Å². The van der Waals surface area contributed by atoms with Crippen LogP contribution in [0.15, 0.2) is 12.2 Å². The molecule has 0 heterocycles. The van der Waals surface area contributed by atoms with Gasteiger partial charge in [-0.05, 0) is 66.7 Å². The van der Waals surface area contributed by atoms with E-state index in [9.17, 15) is 9.59 Å². The fourth-order valence-corrected chi connectivity index (χ4v) is 5.28. The lowest BCUT2D eigenvalue weighted by Gasteiger charge is -2.27. The maximum Gasteiger partial charge on any atom is 0.310 e. The highest BCUT2D eigenvalue weighted by molar-refractivity contribution is 5.79. The standard InChI is InChI=1S/C16H28O4.2C8H17N/c1-2-3-4-5-6-7-8-9-10-11-12-14(16(19)20)13-15(17)18;2*1-9(2)8-6-4-3-5-7-8/h11-12,14H,2-10,13H2,1H3,(H,17,18)(H,19,20);2*8H,3-7H2,1-2H3/b12-11+;;. The van der Waals surface area contributed by atoms with Gasteiger partial charge in [-0.15, -0.1) is 0 Å². The zero-order chi connectivity index (χ0) is 28.6. The van der Waals surface area contributed by atoms with E-state index in [2.05, 4.69) is 44.9 Å². The van der Waals surface area contributed by atoms with Gasteiger partial charge in [0.15, 0.2) is 0 Å². The molecule has 0 aromatic heterocycles. The van der Waals surface area contributed by atoms with E-state index in [1.807, 2.05) is 0 Å². The second kappa shape index (κ2) is 24.6. The van der Waals surface area contributed by atoms with Crippen molar-refractivity contribution in [3.8, 4) is 0 Å². The minimum Gasteiger partial charge on any atom is -0.481 e. The minimum atomic E-state index is -1.07. The quantitative estimate of drug-likeness (QED) is 0.162. The summed E-state index contributed by atoms with van der Waals surface area (Å²) in [5.41, 5.74) is 0. The number of rotatable bonds is 15. The molecule has 2 fully saturated rings. The molecule has 0 aromatic rings. The van der Waals surface area contributed by atoms with E-state index in [-0.39, 0.29) is 6.42 Å². The molecule has 6 nitrogen and oxygen atoms in total. The van der Waals surface area contributed by atoms with Gasteiger partial charge in [-0.1, -0.05) is 103 Å². The molecule has 2 aliphatic rings. The Kier molecular flexibility index (Phi) is 23.7. The SMILES string of the molecule is CCCCCCCCCC/C=C/C(CC(=O)O)C(=O)O.CN(C)C1CCCCC1.CN(C)C1CCCCC1. The normalized spacial score (nSPS) is 17.6. The molecule has 1 unspecified atom stereocenters. The number of hydrogen-bond donors (Lipinski definition) is 2. The first kappa shape index (κ1) is 36.6. The van der Waals surface area contributed by atoms with Crippen LogP contribution in [0.25, 0.3) is 0 Å². The van der Waals surface area contributed by atoms with Gasteiger partial charge in [0, 0.05) is 12.1 Å². The third-order valence-electron chi connectivity index (χ3n) is 7.91. The molecule has 224 valence electrons. The number of hydrogen-bond acceptors (Lipinski definition) is 4. The summed E-state index contributed by atoms with van der Waals surface area (Å²) in [6.45, 7) is 2.21. The first-order valence-corrected chi connectivity index (χ1v) is 15.6. The van der Waals surface area contributed by atoms with Crippen LogP contribution in [0.2, 0.25) is 0 Å². The Labute approximate surface area is 235 Å². The summed E-state index contributed by atoms with van der Waals surface area (Å²) in [4.78, 5) is 26.0. The monoisotopic (exact) mass is 538 g/mol. The van der Waals surface area contributed by atoms with E-state index >= 15 is 0 Å². The molecule has 2 saturated carbocycles. The Morgan fingerprint density at radius 3 is 1.47 bits per heavy atom. The van der Waals surface area contributed by atoms with Gasteiger partial charge in [0.25, 0.3) is 0 Å². The average Bonchev–Trinajstić information content (AvgIpc) is 2.90. The van der Waals surface area contributed by atoms with E-state index in [1.54, 1.807) is 6.08 Å². The smallest absolute Gasteiger partial charge is 0.310 e. The third-order valence-corrected chi connectivity index (χ3v) is 7.91. The summed E-state index contributed by atoms with van der Waals surface area (Å²) in [5, 5.41) is 17.4. The number of carbonyl (C=O) groups is 2. The predicted octanol–water partition coefficient (Wildman–Crippen LogP) is 8.01. The second-order valence-electron chi connectivity index (χ2n) is 11.7. The number of unbranched alkanes of at least 4 members (excludes halogenated alkanes) is 8. The summed E-state index contributed by atoms with van der Waals surface area (Å²) in [6, 6.07) is 1.78. The Morgan fingerprint density at radius 1 is 0.711 bits per heavy atom. The topological polar surface area (TPSA) is 81.1 Å². The van der Waals surface area contributed by atoms with E-state index in [1.165, 1.54) is 109 Å². The maximum absolute atomic E-state index is 10.8. The molecule has 38 heavy (non-hydrogen) atoms. The van der Waals surface area contributed by atoms with Crippen molar-refractivity contribution in [1.29, 1.82) is 0 Å². The Balaban J connectivity index is 0.000000620. The lowest BCUT2D eigenvalue weighted by atomic mass is 9.95. The van der Waals surface area contributed by atoms with Gasteiger partial charge in [0.1, 0.15) is 0 Å². The third kappa shape index (κ3) is 21.5. The molecule has 6 heteroatoms. The fourth-order valence-electron chi connectivity index (χ4n) is 5.28. The van der Waals surface area contributed by atoms with Crippen LogP contribution in [0.4, 0.5) is 0 Å². The van der Waals surface area contributed by atoms with Crippen LogP contribution in [0, 0.1) is 5.92 Å². The summed E-state index contributed by atoms with van der Waals surface area (Å²) < 4.78 is 0. The summed E-state index contributed by atoms with van der Waals surface area (Å²) in [5.74, 6) is -3.05. The molecule has 2 aliphatic carbocycles. The van der Waals surface area contributed by atoms with Crippen LogP contribution in [0.3, 0.4) is 0 Å². The van der Waals surface area contributed by atoms with Gasteiger partial charge in [-0.25, -0.2) is 0 Å². The number of nitrogens with zero attached hydrogens (tertiary/aromatic N) is 2. The van der Waals surface area contributed by atoms with Crippen molar-refractivity contribution in [1.82, 2.24) is 9.80 Å². The molecule has 0 amide bonds. The van der Waals surface area contributed by atoms with Crippen LogP contribution < -0.4 is 0 Å². The maximum atomic E-state index is 10.8. The van der Waals surface area contributed by atoms with Gasteiger partial charge >= 0.3 is 11.9 Å². The zero-order valence-electron chi connectivity index (χ0n) is 25.6. The molecule has 0 saturated heterocycles. The van der Waals surface area contributed by atoms with Gasteiger partial charge in [-0.2, -0.15) is 0 Å². The largest absolute Gasteiger partial charge is 0.481 e. The number of aliphatic carboxylic acids is 2. The van der Waals surface area contributed by atoms with E-state index in [0.29, 0.717) is 0 Å². The summed E-state index contributed by atoms with van der Waals surface area (Å²) >= 11 is 0. The number of carboxylic acids is 2. The Morgan fingerprint density at radius 2 is 1.13 bits per heavy atom. The lowest BCUT2D eigenvalue weighted by molar-refractivity contribution is -0.146. The van der Waals surface area contributed by atoms with Crippen LogP contribution in [-0.2, 0) is 9.59 Å². The van der Waals surface area contributed by atoms with Gasteiger partial charge in [0.2, 0.25) is 0 Å². The number of carboxylic acid groups (broad SMARTS) is 2. The van der Waals surface area contributed by atoms with E-state index in [4.69, 9.17) is 10.2 Å². The molecule has 0 bridgehead atoms. The Bertz CT molecular complexity index is 572. The molecule has 0 spiro atoms. The molecular weight excluding hydrogens is 476 g/mol. The van der Waals surface area contributed by atoms with Crippen LogP contribution in [0.5, 0.6) is 0 Å². The first-order chi connectivity index (χ1) is 18.2. The Hall–Kier alpha value is -1.40. The van der Waals surface area contributed by atoms with E-state index in [0.717, 1.165) is 31.3 Å². The average molecular weight is 539 g/mol. The summed E-state index contributed by atoms with van der Waals surface area (Å²) in [6.07, 6.45) is 28.2. The summed E-state index contributed by atoms with van der Waals surface area (Å²) in [7, 11) is 8.76. The van der Waals surface area contributed by atoms with Crippen LogP contribution in [-0.4, -0.2) is 72.2 Å². The van der Waals surface area contributed by atoms with Crippen molar-refractivity contribution in [3.05, 3.63) is 12.2 Å². The fraction of sp³-hybridized carbons (Fsp3) is 0.875. The second-order valence-corrected chi connectivity index (χ2v) is 11.7. The molecular formula is C32H62N2O4. The molecule has 2 rings (SSSR count). The molecule has 0 aromatic carbocycles. The highest BCUT2D eigenvalue weighted by Crippen LogP contribution is 2.21. The zero-order valence-corrected chi connectivity index (χ0v) is 25.6. The van der Waals surface area contributed by atoms with Crippen molar-refractivity contribution < 1.29 is 19.8 Å². The molecule has 0 aliphatic heterocycles. The van der Waals surface area contributed by atoms with Gasteiger partial charge in [0.05, 0.1) is 12.3 Å². The van der Waals surface area contributed by atoms with Crippen molar-refractivity contribution in [2.45, 2.75) is 147 Å². The number of allylic oxidation sites excluding steroid dienone is 1. The van der Waals surface area contributed by atoms with Crippen molar-refractivity contribution >= 4 is 11.9 Å². The highest BCUT2D eigenvalue weighted by atomic mass is 16.4. The first-order valence-electron chi connectivity index (χ1n) is 15.6. The molecule has 2 N–H and O–H groups in total. The van der Waals surface area contributed by atoms with Crippen LogP contribution >= 0.6 is 0 Å². The lowest BCUT2D eigenvalue weighted by Crippen LogP contribution is -2.29. The van der Waals surface area contributed by atoms with Gasteiger partial charge < -0.3 is 20.0 Å². The highest BCUT2D eigenvalue weighted by Gasteiger charge is 2.17. The molecule has 1 atom stereocenters. The minimum absolute atomic E-state index is 0.344. The van der Waals surface area contributed by atoms with E-state index < -0.39 is 17.9 Å². The predicted molar refractivity (Wildman–Crippen MR) is 161 cm³/mol.